The van der Waals surface area contributed by atoms with E-state index < -0.39 is 0 Å². The summed E-state index contributed by atoms with van der Waals surface area (Å²) in [4.78, 5) is 21.4. The van der Waals surface area contributed by atoms with Crippen molar-refractivity contribution in [2.45, 2.75) is 19.0 Å². The van der Waals surface area contributed by atoms with Crippen LogP contribution < -0.4 is 10.9 Å². The minimum atomic E-state index is -0.221. The molecule has 1 N–H and O–H groups in total. The van der Waals surface area contributed by atoms with Crippen molar-refractivity contribution < 1.29 is 4.74 Å². The number of nitrogens with one attached hydrogen (secondary N) is 1. The van der Waals surface area contributed by atoms with Crippen molar-refractivity contribution in [1.29, 1.82) is 0 Å². The zero-order valence-electron chi connectivity index (χ0n) is 16.5. The molecule has 1 aromatic carbocycles. The Morgan fingerprint density at radius 1 is 1.10 bits per heavy atom. The molecule has 0 saturated carbocycles. The van der Waals surface area contributed by atoms with E-state index in [0.717, 1.165) is 27.8 Å². The van der Waals surface area contributed by atoms with E-state index in [1.165, 1.54) is 4.68 Å². The van der Waals surface area contributed by atoms with Crippen molar-refractivity contribution in [3.63, 3.8) is 0 Å². The van der Waals surface area contributed by atoms with Gasteiger partial charge < -0.3 is 10.1 Å². The van der Waals surface area contributed by atoms with Gasteiger partial charge in [-0.15, -0.1) is 0 Å². The van der Waals surface area contributed by atoms with E-state index in [2.05, 4.69) is 20.4 Å². The van der Waals surface area contributed by atoms with E-state index in [-0.39, 0.29) is 17.6 Å². The van der Waals surface area contributed by atoms with Gasteiger partial charge >= 0.3 is 0 Å². The lowest BCUT2D eigenvalue weighted by Gasteiger charge is -2.22. The molecule has 0 radical (unpaired) electrons. The first-order valence-corrected chi connectivity index (χ1v) is 9.90. The van der Waals surface area contributed by atoms with Gasteiger partial charge in [0.2, 0.25) is 0 Å². The summed E-state index contributed by atoms with van der Waals surface area (Å²) in [7, 11) is 0. The second-order valence-electron chi connectivity index (χ2n) is 7.43. The molecule has 3 aromatic heterocycles. The van der Waals surface area contributed by atoms with E-state index >= 15 is 0 Å². The van der Waals surface area contributed by atoms with Crippen LogP contribution in [0.5, 0.6) is 0 Å². The fourth-order valence-electron chi connectivity index (χ4n) is 3.88. The number of aromatic nitrogens is 4. The molecule has 4 heterocycles. The van der Waals surface area contributed by atoms with E-state index in [1.807, 2.05) is 49.4 Å². The Bertz CT molecular complexity index is 1260. The summed E-state index contributed by atoms with van der Waals surface area (Å²) >= 11 is 0. The minimum Gasteiger partial charge on any atom is -0.377 e. The molecule has 0 spiro atoms. The third-order valence-electron chi connectivity index (χ3n) is 5.33. The number of aryl methyl sites for hydroxylation is 1. The van der Waals surface area contributed by atoms with Crippen LogP contribution in [0, 0.1) is 6.92 Å². The third-order valence-corrected chi connectivity index (χ3v) is 5.33. The van der Waals surface area contributed by atoms with Crippen LogP contribution in [0.1, 0.15) is 11.7 Å². The average molecular weight is 399 g/mol. The lowest BCUT2D eigenvalue weighted by Crippen LogP contribution is -2.37. The summed E-state index contributed by atoms with van der Waals surface area (Å²) in [5.74, 6) is 0. The lowest BCUT2D eigenvalue weighted by atomic mass is 10.1. The number of hydrogen-bond acceptors (Lipinski definition) is 6. The maximum atomic E-state index is 12.6. The Morgan fingerprint density at radius 2 is 2.00 bits per heavy atom. The molecule has 4 aromatic rings. The van der Waals surface area contributed by atoms with Gasteiger partial charge in [-0.1, -0.05) is 18.2 Å². The number of hydrogen-bond donors (Lipinski definition) is 1. The highest BCUT2D eigenvalue weighted by Crippen LogP contribution is 2.28. The monoisotopic (exact) mass is 399 g/mol. The van der Waals surface area contributed by atoms with Gasteiger partial charge in [-0.05, 0) is 37.3 Å². The first-order valence-electron chi connectivity index (χ1n) is 9.90. The fraction of sp³-hybridized carbons (Fsp3) is 0.217. The van der Waals surface area contributed by atoms with Gasteiger partial charge in [-0.3, -0.25) is 14.8 Å². The first-order chi connectivity index (χ1) is 14.7. The number of para-hydroxylation sites is 1. The quantitative estimate of drug-likeness (QED) is 0.567. The number of fused-ring (bicyclic) bond motifs is 1. The van der Waals surface area contributed by atoms with E-state index in [4.69, 9.17) is 4.74 Å². The zero-order chi connectivity index (χ0) is 20.5. The molecular formula is C23H21N5O2. The van der Waals surface area contributed by atoms with Gasteiger partial charge in [0, 0.05) is 40.8 Å². The van der Waals surface area contributed by atoms with Gasteiger partial charge in [0.25, 0.3) is 5.56 Å². The SMILES string of the molecule is Cc1cc(NC2COCC2n2nc(-c3cccnc3)ccc2=O)c2ccccc2n1. The van der Waals surface area contributed by atoms with Crippen LogP contribution >= 0.6 is 0 Å². The summed E-state index contributed by atoms with van der Waals surface area (Å²) in [5.41, 5.74) is 4.27. The lowest BCUT2D eigenvalue weighted by molar-refractivity contribution is 0.183. The highest BCUT2D eigenvalue weighted by Gasteiger charge is 2.32. The maximum absolute atomic E-state index is 12.6. The predicted molar refractivity (Wildman–Crippen MR) is 115 cm³/mol. The summed E-state index contributed by atoms with van der Waals surface area (Å²) in [5, 5.41) is 9.25. The van der Waals surface area contributed by atoms with Crippen LogP contribution in [-0.4, -0.2) is 39.0 Å². The Labute approximate surface area is 173 Å². The summed E-state index contributed by atoms with van der Waals surface area (Å²) < 4.78 is 7.28. The van der Waals surface area contributed by atoms with Crippen LogP contribution in [-0.2, 0) is 4.74 Å². The fourth-order valence-corrected chi connectivity index (χ4v) is 3.88. The van der Waals surface area contributed by atoms with E-state index in [9.17, 15) is 4.79 Å². The molecule has 1 fully saturated rings. The Hall–Kier alpha value is -3.58. The maximum Gasteiger partial charge on any atom is 0.267 e. The standard InChI is InChI=1S/C23H21N5O2/c1-15-11-20(17-6-2-3-7-19(17)25-15)26-21-13-30-14-22(21)28-23(29)9-8-18(27-28)16-5-4-10-24-12-16/h2-12,21-22H,13-14H2,1H3,(H,25,26). The molecule has 0 bridgehead atoms. The molecular weight excluding hydrogens is 378 g/mol. The van der Waals surface area contributed by atoms with E-state index in [0.29, 0.717) is 18.9 Å². The molecule has 1 aliphatic heterocycles. The zero-order valence-corrected chi connectivity index (χ0v) is 16.5. The van der Waals surface area contributed by atoms with Crippen molar-refractivity contribution in [2.75, 3.05) is 18.5 Å². The number of ether oxygens (including phenoxy) is 1. The largest absolute Gasteiger partial charge is 0.377 e. The summed E-state index contributed by atoms with van der Waals surface area (Å²) in [6, 6.07) is 16.8. The summed E-state index contributed by atoms with van der Waals surface area (Å²) in [6.45, 7) is 2.89. The van der Waals surface area contributed by atoms with Crippen molar-refractivity contribution in [2.24, 2.45) is 0 Å². The normalized spacial score (nSPS) is 18.6. The highest BCUT2D eigenvalue weighted by molar-refractivity contribution is 5.91. The molecule has 7 heteroatoms. The van der Waals surface area contributed by atoms with Crippen LogP contribution in [0.15, 0.2) is 71.8 Å². The number of nitrogens with zero attached hydrogens (tertiary/aromatic N) is 4. The van der Waals surface area contributed by atoms with Gasteiger partial charge in [0.15, 0.2) is 0 Å². The molecule has 1 aliphatic rings. The molecule has 2 atom stereocenters. The molecule has 0 amide bonds. The van der Waals surface area contributed by atoms with Crippen molar-refractivity contribution in [3.05, 3.63) is 83.0 Å². The topological polar surface area (TPSA) is 81.9 Å². The number of rotatable bonds is 4. The van der Waals surface area contributed by atoms with Gasteiger partial charge in [0.05, 0.1) is 30.5 Å². The summed E-state index contributed by atoms with van der Waals surface area (Å²) in [6.07, 6.45) is 3.45. The van der Waals surface area contributed by atoms with Gasteiger partial charge in [-0.25, -0.2) is 4.68 Å². The smallest absolute Gasteiger partial charge is 0.267 e. The van der Waals surface area contributed by atoms with Crippen LogP contribution in [0.4, 0.5) is 5.69 Å². The van der Waals surface area contributed by atoms with Crippen LogP contribution in [0.2, 0.25) is 0 Å². The molecule has 150 valence electrons. The molecule has 1 saturated heterocycles. The Morgan fingerprint density at radius 3 is 2.87 bits per heavy atom. The van der Waals surface area contributed by atoms with Crippen LogP contribution in [0.3, 0.4) is 0 Å². The first kappa shape index (κ1) is 18.4. The molecule has 2 unspecified atom stereocenters. The van der Waals surface area contributed by atoms with Crippen molar-refractivity contribution >= 4 is 16.6 Å². The Kier molecular flexibility index (Phi) is 4.72. The average Bonchev–Trinajstić information content (AvgIpc) is 3.22. The van der Waals surface area contributed by atoms with Gasteiger partial charge in [0.1, 0.15) is 6.04 Å². The van der Waals surface area contributed by atoms with Crippen molar-refractivity contribution in [1.82, 2.24) is 19.7 Å². The molecule has 7 nitrogen and oxygen atoms in total. The van der Waals surface area contributed by atoms with E-state index in [1.54, 1.807) is 24.5 Å². The second kappa shape index (κ2) is 7.68. The number of benzene rings is 1. The third kappa shape index (κ3) is 3.44. The van der Waals surface area contributed by atoms with Crippen LogP contribution in [0.25, 0.3) is 22.2 Å². The number of pyridine rings is 2. The molecule has 5 rings (SSSR count). The highest BCUT2D eigenvalue weighted by atomic mass is 16.5. The molecule has 30 heavy (non-hydrogen) atoms. The number of anilines is 1. The molecule has 0 aliphatic carbocycles. The second-order valence-corrected chi connectivity index (χ2v) is 7.43. The Balaban J connectivity index is 1.50. The van der Waals surface area contributed by atoms with Gasteiger partial charge in [-0.2, -0.15) is 5.10 Å². The van der Waals surface area contributed by atoms with Crippen molar-refractivity contribution in [3.8, 4) is 11.3 Å². The minimum absolute atomic E-state index is 0.0930. The predicted octanol–water partition coefficient (Wildman–Crippen LogP) is 3.21.